The summed E-state index contributed by atoms with van der Waals surface area (Å²) in [5, 5.41) is 6.20. The maximum Gasteiger partial charge on any atom is 0.408 e. The second-order valence-corrected chi connectivity index (χ2v) is 11.6. The SMILES string of the molecule is C=Cc1cccc(C(C(=O)Nc2c(C)cccc2Cl)N(C(=O)C(NC(=O)OC(C)(C)C)C(C)CC)C2CC2)c1. The molecule has 1 fully saturated rings. The number of amides is 3. The van der Waals surface area contributed by atoms with E-state index in [0.717, 1.165) is 24.0 Å². The van der Waals surface area contributed by atoms with E-state index in [2.05, 4.69) is 17.2 Å². The third-order valence-electron chi connectivity index (χ3n) is 6.80. The number of hydrogen-bond acceptors (Lipinski definition) is 4. The molecule has 8 heteroatoms. The van der Waals surface area contributed by atoms with E-state index in [1.54, 1.807) is 37.8 Å². The lowest BCUT2D eigenvalue weighted by Gasteiger charge is -2.36. The first-order chi connectivity index (χ1) is 18.4. The number of para-hydroxylation sites is 1. The summed E-state index contributed by atoms with van der Waals surface area (Å²) in [6, 6.07) is 10.9. The van der Waals surface area contributed by atoms with Crippen molar-refractivity contribution in [3.05, 3.63) is 70.8 Å². The Morgan fingerprint density at radius 3 is 2.41 bits per heavy atom. The lowest BCUT2D eigenvalue weighted by molar-refractivity contribution is -0.142. The van der Waals surface area contributed by atoms with Gasteiger partial charge in [-0.2, -0.15) is 0 Å². The quantitative estimate of drug-likeness (QED) is 0.335. The summed E-state index contributed by atoms with van der Waals surface area (Å²) >= 11 is 6.44. The second-order valence-electron chi connectivity index (χ2n) is 11.2. The predicted molar refractivity (Wildman–Crippen MR) is 157 cm³/mol. The number of nitrogens with one attached hydrogen (secondary N) is 2. The van der Waals surface area contributed by atoms with Crippen molar-refractivity contribution < 1.29 is 19.1 Å². The van der Waals surface area contributed by atoms with E-state index in [1.807, 2.05) is 57.2 Å². The summed E-state index contributed by atoms with van der Waals surface area (Å²) in [6.07, 6.45) is 3.21. The lowest BCUT2D eigenvalue weighted by Crippen LogP contribution is -2.55. The zero-order valence-electron chi connectivity index (χ0n) is 23.7. The molecule has 2 aromatic carbocycles. The molecule has 0 radical (unpaired) electrons. The van der Waals surface area contributed by atoms with Crippen LogP contribution in [-0.2, 0) is 14.3 Å². The van der Waals surface area contributed by atoms with Gasteiger partial charge >= 0.3 is 6.09 Å². The zero-order chi connectivity index (χ0) is 28.9. The molecule has 3 rings (SSSR count). The fourth-order valence-electron chi connectivity index (χ4n) is 4.43. The van der Waals surface area contributed by atoms with Crippen LogP contribution < -0.4 is 10.6 Å². The molecular formula is C31H40ClN3O4. The number of halogens is 1. The van der Waals surface area contributed by atoms with Crippen LogP contribution in [0, 0.1) is 12.8 Å². The highest BCUT2D eigenvalue weighted by atomic mass is 35.5. The predicted octanol–water partition coefficient (Wildman–Crippen LogP) is 6.90. The van der Waals surface area contributed by atoms with E-state index in [4.69, 9.17) is 16.3 Å². The van der Waals surface area contributed by atoms with E-state index >= 15 is 0 Å². The monoisotopic (exact) mass is 553 g/mol. The van der Waals surface area contributed by atoms with Crippen molar-refractivity contribution in [2.24, 2.45) is 5.92 Å². The average molecular weight is 554 g/mol. The first kappa shape index (κ1) is 30.2. The van der Waals surface area contributed by atoms with Crippen molar-refractivity contribution >= 4 is 41.3 Å². The van der Waals surface area contributed by atoms with Gasteiger partial charge in [0, 0.05) is 6.04 Å². The summed E-state index contributed by atoms with van der Waals surface area (Å²) in [4.78, 5) is 42.8. The van der Waals surface area contributed by atoms with Gasteiger partial charge in [0.25, 0.3) is 5.91 Å². The minimum absolute atomic E-state index is 0.139. The van der Waals surface area contributed by atoms with Crippen molar-refractivity contribution in [1.82, 2.24) is 10.2 Å². The van der Waals surface area contributed by atoms with E-state index < -0.39 is 23.8 Å². The fourth-order valence-corrected chi connectivity index (χ4v) is 4.69. The molecule has 0 aliphatic heterocycles. The fraction of sp³-hybridized carbons (Fsp3) is 0.452. The normalized spacial score (nSPS) is 15.5. The van der Waals surface area contributed by atoms with Crippen molar-refractivity contribution in [2.45, 2.75) is 84.5 Å². The molecule has 0 heterocycles. The number of hydrogen-bond donors (Lipinski definition) is 2. The summed E-state index contributed by atoms with van der Waals surface area (Å²) in [5.74, 6) is -0.897. The molecule has 2 aromatic rings. The van der Waals surface area contributed by atoms with Gasteiger partial charge in [0.1, 0.15) is 17.7 Å². The van der Waals surface area contributed by atoms with E-state index in [9.17, 15) is 14.4 Å². The molecule has 0 aromatic heterocycles. The molecule has 1 aliphatic carbocycles. The third kappa shape index (κ3) is 7.85. The topological polar surface area (TPSA) is 87.7 Å². The van der Waals surface area contributed by atoms with Crippen LogP contribution in [0.25, 0.3) is 6.08 Å². The molecule has 0 saturated heterocycles. The number of carbonyl (C=O) groups is 3. The minimum atomic E-state index is -0.951. The Hall–Kier alpha value is -3.32. The molecule has 210 valence electrons. The molecule has 1 aliphatic rings. The van der Waals surface area contributed by atoms with Gasteiger partial charge in [-0.15, -0.1) is 0 Å². The molecule has 39 heavy (non-hydrogen) atoms. The zero-order valence-corrected chi connectivity index (χ0v) is 24.5. The Bertz CT molecular complexity index is 1200. The highest BCUT2D eigenvalue weighted by Gasteiger charge is 2.45. The Labute approximate surface area is 236 Å². The number of alkyl carbamates (subject to hydrolysis) is 1. The van der Waals surface area contributed by atoms with Crippen molar-refractivity contribution in [1.29, 1.82) is 0 Å². The smallest absolute Gasteiger partial charge is 0.408 e. The molecule has 3 atom stereocenters. The Morgan fingerprint density at radius 2 is 1.85 bits per heavy atom. The van der Waals surface area contributed by atoms with Gasteiger partial charge < -0.3 is 20.3 Å². The maximum absolute atomic E-state index is 14.3. The van der Waals surface area contributed by atoms with Crippen molar-refractivity contribution in [2.75, 3.05) is 5.32 Å². The largest absolute Gasteiger partial charge is 0.444 e. The van der Waals surface area contributed by atoms with Crippen LogP contribution in [-0.4, -0.2) is 40.5 Å². The molecule has 1 saturated carbocycles. The van der Waals surface area contributed by atoms with Gasteiger partial charge in [0.2, 0.25) is 5.91 Å². The van der Waals surface area contributed by atoms with Crippen molar-refractivity contribution in [3.63, 3.8) is 0 Å². The first-order valence-corrected chi connectivity index (χ1v) is 13.8. The molecule has 3 amide bonds. The summed E-state index contributed by atoms with van der Waals surface area (Å²) < 4.78 is 5.47. The lowest BCUT2D eigenvalue weighted by atomic mass is 9.95. The van der Waals surface area contributed by atoms with Crippen molar-refractivity contribution in [3.8, 4) is 0 Å². The summed E-state index contributed by atoms with van der Waals surface area (Å²) in [6.45, 7) is 14.9. The minimum Gasteiger partial charge on any atom is -0.444 e. The molecule has 3 unspecified atom stereocenters. The molecule has 2 N–H and O–H groups in total. The van der Waals surface area contributed by atoms with Crippen LogP contribution in [0.3, 0.4) is 0 Å². The molecular weight excluding hydrogens is 514 g/mol. The van der Waals surface area contributed by atoms with Crippen LogP contribution >= 0.6 is 11.6 Å². The average Bonchev–Trinajstić information content (AvgIpc) is 3.71. The molecule has 0 bridgehead atoms. The first-order valence-electron chi connectivity index (χ1n) is 13.5. The second kappa shape index (κ2) is 12.7. The van der Waals surface area contributed by atoms with Gasteiger partial charge in [-0.3, -0.25) is 9.59 Å². The van der Waals surface area contributed by atoms with Crippen LogP contribution in [0.15, 0.2) is 49.0 Å². The number of carbonyl (C=O) groups excluding carboxylic acids is 3. The van der Waals surface area contributed by atoms with Crippen LogP contribution in [0.5, 0.6) is 0 Å². The van der Waals surface area contributed by atoms with Gasteiger partial charge in [0.15, 0.2) is 0 Å². The van der Waals surface area contributed by atoms with Crippen LogP contribution in [0.2, 0.25) is 5.02 Å². The number of benzene rings is 2. The van der Waals surface area contributed by atoms with Gasteiger partial charge in [0.05, 0.1) is 10.7 Å². The summed E-state index contributed by atoms with van der Waals surface area (Å²) in [5.41, 5.74) is 2.07. The number of ether oxygens (including phenoxy) is 1. The number of rotatable bonds is 10. The molecule has 7 nitrogen and oxygen atoms in total. The Kier molecular flexibility index (Phi) is 9.83. The van der Waals surface area contributed by atoms with Gasteiger partial charge in [-0.05, 0) is 75.3 Å². The van der Waals surface area contributed by atoms with E-state index in [1.165, 1.54) is 0 Å². The molecule has 0 spiro atoms. The Morgan fingerprint density at radius 1 is 1.18 bits per heavy atom. The van der Waals surface area contributed by atoms with E-state index in [-0.39, 0.29) is 23.8 Å². The number of nitrogens with zero attached hydrogens (tertiary/aromatic N) is 1. The highest BCUT2D eigenvalue weighted by Crippen LogP contribution is 2.38. The number of aryl methyl sites for hydroxylation is 1. The standard InChI is InChI=1S/C31H40ClN3O4/c1-8-19(3)26(34-30(38)39-31(5,6)7)29(37)35(23-16-17-23)27(22-14-11-13-21(9-2)18-22)28(36)33-25-20(4)12-10-15-24(25)32/h9-15,18-19,23,26-27H,2,8,16-17H2,1,3-7H3,(H,33,36)(H,34,38). The maximum atomic E-state index is 14.3. The summed E-state index contributed by atoms with van der Waals surface area (Å²) in [7, 11) is 0. The number of anilines is 1. The highest BCUT2D eigenvalue weighted by molar-refractivity contribution is 6.34. The van der Waals surface area contributed by atoms with E-state index in [0.29, 0.717) is 22.7 Å². The van der Waals surface area contributed by atoms with Crippen LogP contribution in [0.4, 0.5) is 10.5 Å². The third-order valence-corrected chi connectivity index (χ3v) is 7.12. The van der Waals surface area contributed by atoms with Crippen LogP contribution in [0.1, 0.15) is 76.6 Å². The Balaban J connectivity index is 2.06. The van der Waals surface area contributed by atoms with Gasteiger partial charge in [-0.1, -0.05) is 74.9 Å². The van der Waals surface area contributed by atoms with Gasteiger partial charge in [-0.25, -0.2) is 4.79 Å².